The van der Waals surface area contributed by atoms with Crippen LogP contribution < -0.4 is 0 Å². The minimum absolute atomic E-state index is 0. The maximum absolute atomic E-state index is 8.88. The van der Waals surface area contributed by atoms with E-state index in [9.17, 15) is 0 Å². The summed E-state index contributed by atoms with van der Waals surface area (Å²) >= 11 is 0. The van der Waals surface area contributed by atoms with Crippen molar-refractivity contribution in [1.82, 2.24) is 0 Å². The van der Waals surface area contributed by atoms with Crippen LogP contribution in [-0.2, 0) is 4.57 Å². The summed E-state index contributed by atoms with van der Waals surface area (Å²) in [4.78, 5) is 21.6. The Kier molecular flexibility index (Phi) is 25.5. The van der Waals surface area contributed by atoms with Crippen LogP contribution in [0.25, 0.3) is 0 Å². The zero-order chi connectivity index (χ0) is 4.50. The van der Waals surface area contributed by atoms with E-state index in [-0.39, 0.29) is 68.3 Å². The van der Waals surface area contributed by atoms with Gasteiger partial charge in [0.15, 0.2) is 17.4 Å². The molecule has 8 heteroatoms. The Morgan fingerprint density at radius 1 is 1.12 bits per heavy atom. The fourth-order valence-corrected chi connectivity index (χ4v) is 0. The molecule has 0 aromatic rings. The van der Waals surface area contributed by atoms with Gasteiger partial charge >= 0.3 is 53.3 Å². The van der Waals surface area contributed by atoms with E-state index < -0.39 is 7.82 Å². The molecule has 0 rings (SSSR count). The van der Waals surface area contributed by atoms with E-state index in [4.69, 9.17) is 19.2 Å². The van der Waals surface area contributed by atoms with E-state index in [1.165, 1.54) is 0 Å². The van der Waals surface area contributed by atoms with E-state index >= 15 is 0 Å². The summed E-state index contributed by atoms with van der Waals surface area (Å²) in [6.07, 6.45) is 0. The van der Waals surface area contributed by atoms with Crippen molar-refractivity contribution in [2.45, 2.75) is 0 Å². The van der Waals surface area contributed by atoms with Crippen LogP contribution in [0, 0.1) is 0 Å². The van der Waals surface area contributed by atoms with Gasteiger partial charge in [0.2, 0.25) is 0 Å². The summed E-state index contributed by atoms with van der Waals surface area (Å²) in [5, 5.41) is 0. The fraction of sp³-hybridized carbons (Fsp3) is 0. The standard InChI is InChI=1S/Al.H3O4P.H2O.Sr.5H/c;1-5(2,3)4;;;;;;;/h;(H3,1,2,3,4);1H2;;;;;;. The summed E-state index contributed by atoms with van der Waals surface area (Å²) in [6, 6.07) is 0. The number of hydrogen-bond acceptors (Lipinski definition) is 1. The van der Waals surface area contributed by atoms with E-state index in [0.29, 0.717) is 0 Å². The van der Waals surface area contributed by atoms with Gasteiger partial charge in [0, 0.05) is 0 Å². The summed E-state index contributed by atoms with van der Waals surface area (Å²) < 4.78 is 8.88. The molecule has 0 aliphatic heterocycles. The Hall–Kier alpha value is 2.08. The van der Waals surface area contributed by atoms with Gasteiger partial charge in [-0.2, -0.15) is 0 Å². The van der Waals surface area contributed by atoms with E-state index in [1.54, 1.807) is 0 Å². The van der Waals surface area contributed by atoms with Crippen LogP contribution >= 0.6 is 7.82 Å². The first-order valence-corrected chi connectivity index (χ1v) is 2.35. The zero-order valence-corrected chi connectivity index (χ0v) is 3.59. The first kappa shape index (κ1) is 22.5. The molecule has 50 valence electrons. The van der Waals surface area contributed by atoms with Gasteiger partial charge in [0.25, 0.3) is 0 Å². The molecule has 0 unspecified atom stereocenters. The number of hydrogen-bond donors (Lipinski definition) is 3. The SMILES string of the molecule is O.O=P(O)(O)O.[AlH3].[SrH2]. The Morgan fingerprint density at radius 3 is 1.12 bits per heavy atom. The van der Waals surface area contributed by atoms with E-state index in [0.717, 1.165) is 0 Å². The molecule has 0 bridgehead atoms. The van der Waals surface area contributed by atoms with Gasteiger partial charge in [-0.1, -0.05) is 0 Å². The number of rotatable bonds is 0. The Bertz CT molecular complexity index is 58.6. The van der Waals surface area contributed by atoms with Crippen molar-refractivity contribution < 1.29 is 24.7 Å². The van der Waals surface area contributed by atoms with Crippen LogP contribution in [0.4, 0.5) is 0 Å². The Labute approximate surface area is 94.0 Å². The quantitative estimate of drug-likeness (QED) is 0.295. The molecule has 8 heavy (non-hydrogen) atoms. The fourth-order valence-electron chi connectivity index (χ4n) is 0. The number of phosphoric acid groups is 1. The molecule has 0 aliphatic rings. The summed E-state index contributed by atoms with van der Waals surface area (Å²) in [5.74, 6) is 0. The molecule has 5 N–H and O–H groups in total. The van der Waals surface area contributed by atoms with E-state index in [1.807, 2.05) is 0 Å². The van der Waals surface area contributed by atoms with Crippen LogP contribution in [0.2, 0.25) is 0 Å². The summed E-state index contributed by atoms with van der Waals surface area (Å²) in [5.41, 5.74) is 0. The van der Waals surface area contributed by atoms with Gasteiger partial charge in [-0.05, 0) is 0 Å². The molecule has 0 aliphatic carbocycles. The molecule has 0 fully saturated rings. The molecule has 0 heterocycles. The zero-order valence-electron chi connectivity index (χ0n) is 2.70. The second kappa shape index (κ2) is 9.08. The van der Waals surface area contributed by atoms with Gasteiger partial charge in [-0.3, -0.25) is 0 Å². The monoisotopic (exact) mass is 236 g/mol. The van der Waals surface area contributed by atoms with Crippen molar-refractivity contribution in [3.63, 3.8) is 0 Å². The van der Waals surface area contributed by atoms with Gasteiger partial charge < -0.3 is 20.2 Å². The van der Waals surface area contributed by atoms with Crippen LogP contribution in [0.5, 0.6) is 0 Å². The third-order valence-electron chi connectivity index (χ3n) is 0. The van der Waals surface area contributed by atoms with Crippen molar-refractivity contribution in [3.8, 4) is 0 Å². The second-order valence-electron chi connectivity index (χ2n) is 0.513. The topological polar surface area (TPSA) is 109 Å². The molecule has 0 atom stereocenters. The van der Waals surface area contributed by atoms with Gasteiger partial charge in [0.05, 0.1) is 0 Å². The van der Waals surface area contributed by atoms with Crippen molar-refractivity contribution in [2.75, 3.05) is 0 Å². The van der Waals surface area contributed by atoms with Crippen LogP contribution in [0.3, 0.4) is 0 Å². The maximum atomic E-state index is 8.88. The van der Waals surface area contributed by atoms with Crippen molar-refractivity contribution in [2.24, 2.45) is 0 Å². The minimum atomic E-state index is -4.64. The third kappa shape index (κ3) is 93.5. The molecule has 0 radical (unpaired) electrons. The predicted octanol–water partition coefficient (Wildman–Crippen LogP) is -3.85. The molecular formula is H10AlO5PSr. The van der Waals surface area contributed by atoms with Gasteiger partial charge in [-0.15, -0.1) is 0 Å². The molecule has 5 nitrogen and oxygen atoms in total. The van der Waals surface area contributed by atoms with Crippen molar-refractivity contribution >= 4 is 70.7 Å². The van der Waals surface area contributed by atoms with Gasteiger partial charge in [-0.25, -0.2) is 4.57 Å². The molecule has 0 saturated carbocycles. The first-order chi connectivity index (χ1) is 2.00. The molecule has 0 aromatic heterocycles. The summed E-state index contributed by atoms with van der Waals surface area (Å²) in [6.45, 7) is 0. The second-order valence-corrected chi connectivity index (χ2v) is 1.54. The third-order valence-corrected chi connectivity index (χ3v) is 0. The van der Waals surface area contributed by atoms with Gasteiger partial charge in [0.1, 0.15) is 0 Å². The van der Waals surface area contributed by atoms with E-state index in [2.05, 4.69) is 0 Å². The normalized spacial score (nSPS) is 7.38. The van der Waals surface area contributed by atoms with Crippen molar-refractivity contribution in [1.29, 1.82) is 0 Å². The average Bonchev–Trinajstić information content (AvgIpc) is 0.722. The van der Waals surface area contributed by atoms with Crippen LogP contribution in [0.1, 0.15) is 0 Å². The predicted molar refractivity (Wildman–Crippen MR) is 36.4 cm³/mol. The molecular weight excluding hydrogens is 226 g/mol. The Morgan fingerprint density at radius 2 is 1.12 bits per heavy atom. The van der Waals surface area contributed by atoms with Crippen LogP contribution in [-0.4, -0.2) is 83.0 Å². The molecule has 0 saturated heterocycles. The first-order valence-electron chi connectivity index (χ1n) is 0.783. The van der Waals surface area contributed by atoms with Crippen LogP contribution in [0.15, 0.2) is 0 Å². The molecule has 0 spiro atoms. The summed E-state index contributed by atoms with van der Waals surface area (Å²) in [7, 11) is -4.64. The molecule has 0 aromatic carbocycles. The van der Waals surface area contributed by atoms with Crippen molar-refractivity contribution in [3.05, 3.63) is 0 Å². The average molecular weight is 236 g/mol. The molecule has 0 amide bonds. The Balaban J connectivity index is -0.0000000267.